The fourth-order valence-electron chi connectivity index (χ4n) is 3.85. The number of H-pyrrole nitrogens is 1. The summed E-state index contributed by atoms with van der Waals surface area (Å²) in [6.45, 7) is 7.57. The monoisotopic (exact) mass is 374 g/mol. The topological polar surface area (TPSA) is 104 Å². The molecular weight excluding hydrogens is 340 g/mol. The van der Waals surface area contributed by atoms with E-state index in [1.54, 1.807) is 0 Å². The molecule has 0 aromatic carbocycles. The second-order valence-corrected chi connectivity index (χ2v) is 7.93. The lowest BCUT2D eigenvalue weighted by molar-refractivity contribution is 0.0817. The average Bonchev–Trinajstić information content (AvgIpc) is 3.09. The van der Waals surface area contributed by atoms with E-state index in [9.17, 15) is 5.11 Å². The van der Waals surface area contributed by atoms with E-state index < -0.39 is 0 Å². The lowest BCUT2D eigenvalue weighted by Crippen LogP contribution is -2.36. The molecule has 3 heterocycles. The average molecular weight is 375 g/mol. The molecule has 2 aromatic rings. The minimum Gasteiger partial charge on any atom is -0.393 e. The maximum absolute atomic E-state index is 9.59. The number of nitrogens with two attached hydrogens (primary N) is 1. The van der Waals surface area contributed by atoms with Crippen LogP contribution in [0.25, 0.3) is 11.0 Å². The molecule has 0 spiro atoms. The number of fused-ring (bicyclic) bond motifs is 1. The van der Waals surface area contributed by atoms with Crippen LogP contribution in [0.3, 0.4) is 0 Å². The van der Waals surface area contributed by atoms with Crippen molar-refractivity contribution in [2.24, 2.45) is 0 Å². The van der Waals surface area contributed by atoms with Crippen molar-refractivity contribution in [2.75, 3.05) is 25.4 Å². The fourth-order valence-corrected chi connectivity index (χ4v) is 3.85. The normalized spacial score (nSPS) is 17.6. The first kappa shape index (κ1) is 20.0. The van der Waals surface area contributed by atoms with Crippen LogP contribution in [0.5, 0.6) is 0 Å². The Morgan fingerprint density at radius 1 is 1.19 bits per heavy atom. The number of piperidine rings is 1. The van der Waals surface area contributed by atoms with Crippen LogP contribution < -0.4 is 5.73 Å². The minimum atomic E-state index is -0.0911. The largest absolute Gasteiger partial charge is 0.393 e. The van der Waals surface area contributed by atoms with E-state index in [4.69, 9.17) is 10.7 Å². The van der Waals surface area contributed by atoms with Crippen LogP contribution in [-0.2, 0) is 6.42 Å². The molecule has 1 fully saturated rings. The Bertz CT molecular complexity index is 723. The molecule has 1 unspecified atom stereocenters. The number of aryl methyl sites for hydroxylation is 1. The molecule has 1 atom stereocenters. The van der Waals surface area contributed by atoms with Crippen LogP contribution in [0.2, 0.25) is 0 Å². The van der Waals surface area contributed by atoms with Gasteiger partial charge in [-0.2, -0.15) is 5.10 Å². The van der Waals surface area contributed by atoms with Gasteiger partial charge in [-0.05, 0) is 38.6 Å². The lowest BCUT2D eigenvalue weighted by atomic mass is 9.99. The molecule has 3 rings (SSSR count). The molecule has 1 saturated heterocycles. The molecule has 4 N–H and O–H groups in total. The van der Waals surface area contributed by atoms with E-state index in [2.05, 4.69) is 33.9 Å². The number of aliphatic hydroxyl groups excluding tert-OH is 1. The maximum Gasteiger partial charge on any atom is 0.155 e. The molecule has 7 heteroatoms. The van der Waals surface area contributed by atoms with Crippen LogP contribution in [0, 0.1) is 0 Å². The standard InChI is InChI=1S/C20H34N6O/c1-3-4-8-16-22-18-17(24-25-19(18)20(21)23-16)14(2)7-5-6-11-26-12-9-15(27)10-13-26/h14-15,27H,3-13H2,1-2H3,(H,24,25)(H2,21,22,23). The third-order valence-electron chi connectivity index (χ3n) is 5.67. The number of nitrogen functional groups attached to an aromatic ring is 1. The van der Waals surface area contributed by atoms with E-state index in [0.717, 1.165) is 75.2 Å². The third-order valence-corrected chi connectivity index (χ3v) is 5.67. The maximum atomic E-state index is 9.59. The number of aromatic nitrogens is 4. The van der Waals surface area contributed by atoms with Gasteiger partial charge in [-0.3, -0.25) is 5.10 Å². The van der Waals surface area contributed by atoms with Gasteiger partial charge in [-0.25, -0.2) is 9.97 Å². The zero-order valence-electron chi connectivity index (χ0n) is 16.7. The molecule has 1 aliphatic rings. The molecule has 1 aliphatic heterocycles. The SMILES string of the molecule is CCCCc1nc(N)c2n[nH]c(C(C)CCCCN3CCC(O)CC3)c2n1. The zero-order valence-corrected chi connectivity index (χ0v) is 16.7. The van der Waals surface area contributed by atoms with Crippen molar-refractivity contribution in [3.05, 3.63) is 11.5 Å². The molecule has 0 aliphatic carbocycles. The fraction of sp³-hybridized carbons (Fsp3) is 0.750. The molecule has 27 heavy (non-hydrogen) atoms. The third kappa shape index (κ3) is 5.17. The smallest absolute Gasteiger partial charge is 0.155 e. The van der Waals surface area contributed by atoms with Crippen LogP contribution in [-0.4, -0.2) is 55.9 Å². The van der Waals surface area contributed by atoms with Gasteiger partial charge >= 0.3 is 0 Å². The molecule has 0 radical (unpaired) electrons. The quantitative estimate of drug-likeness (QED) is 0.583. The van der Waals surface area contributed by atoms with Crippen molar-refractivity contribution in [1.29, 1.82) is 0 Å². The number of nitrogens with zero attached hydrogens (tertiary/aromatic N) is 4. The van der Waals surface area contributed by atoms with Gasteiger partial charge < -0.3 is 15.7 Å². The first-order chi connectivity index (χ1) is 13.1. The summed E-state index contributed by atoms with van der Waals surface area (Å²) in [6, 6.07) is 0. The molecule has 7 nitrogen and oxygen atoms in total. The van der Waals surface area contributed by atoms with Gasteiger partial charge in [0.25, 0.3) is 0 Å². The van der Waals surface area contributed by atoms with Crippen LogP contribution in [0.4, 0.5) is 5.82 Å². The van der Waals surface area contributed by atoms with Gasteiger partial charge in [0.2, 0.25) is 0 Å². The minimum absolute atomic E-state index is 0.0911. The summed E-state index contributed by atoms with van der Waals surface area (Å²) in [4.78, 5) is 11.6. The van der Waals surface area contributed by atoms with Crippen molar-refractivity contribution in [3.63, 3.8) is 0 Å². The Hall–Kier alpha value is -1.73. The number of rotatable bonds is 9. The van der Waals surface area contributed by atoms with Crippen molar-refractivity contribution >= 4 is 16.9 Å². The number of hydrogen-bond donors (Lipinski definition) is 3. The molecule has 0 bridgehead atoms. The number of likely N-dealkylation sites (tertiary alicyclic amines) is 1. The summed E-state index contributed by atoms with van der Waals surface area (Å²) >= 11 is 0. The van der Waals surface area contributed by atoms with Crippen molar-refractivity contribution in [3.8, 4) is 0 Å². The number of unbranched alkanes of at least 4 members (excludes halogenated alkanes) is 2. The van der Waals surface area contributed by atoms with Crippen molar-refractivity contribution in [2.45, 2.75) is 77.2 Å². The zero-order chi connectivity index (χ0) is 19.2. The van der Waals surface area contributed by atoms with Crippen LogP contribution in [0.1, 0.15) is 76.2 Å². The molecule has 0 amide bonds. The summed E-state index contributed by atoms with van der Waals surface area (Å²) in [5.74, 6) is 1.67. The van der Waals surface area contributed by atoms with E-state index in [0.29, 0.717) is 17.3 Å². The van der Waals surface area contributed by atoms with Crippen LogP contribution in [0.15, 0.2) is 0 Å². The Morgan fingerprint density at radius 3 is 2.70 bits per heavy atom. The highest BCUT2D eigenvalue weighted by Gasteiger charge is 2.19. The van der Waals surface area contributed by atoms with Gasteiger partial charge in [-0.1, -0.05) is 26.7 Å². The van der Waals surface area contributed by atoms with E-state index >= 15 is 0 Å². The van der Waals surface area contributed by atoms with Gasteiger partial charge in [0, 0.05) is 25.4 Å². The molecular formula is C20H34N6O. The number of anilines is 1. The molecule has 150 valence electrons. The first-order valence-electron chi connectivity index (χ1n) is 10.5. The highest BCUT2D eigenvalue weighted by atomic mass is 16.3. The summed E-state index contributed by atoms with van der Waals surface area (Å²) < 4.78 is 0. The summed E-state index contributed by atoms with van der Waals surface area (Å²) in [7, 11) is 0. The van der Waals surface area contributed by atoms with Crippen molar-refractivity contribution < 1.29 is 5.11 Å². The summed E-state index contributed by atoms with van der Waals surface area (Å²) in [5.41, 5.74) is 8.77. The predicted octanol–water partition coefficient (Wildman–Crippen LogP) is 3.01. The van der Waals surface area contributed by atoms with Gasteiger partial charge in [0.05, 0.1) is 11.8 Å². The van der Waals surface area contributed by atoms with E-state index in [-0.39, 0.29) is 6.10 Å². The lowest BCUT2D eigenvalue weighted by Gasteiger charge is -2.29. The summed E-state index contributed by atoms with van der Waals surface area (Å²) in [5, 5.41) is 17.1. The highest BCUT2D eigenvalue weighted by Crippen LogP contribution is 2.28. The number of hydrogen-bond acceptors (Lipinski definition) is 6. The van der Waals surface area contributed by atoms with Crippen LogP contribution >= 0.6 is 0 Å². The Balaban J connectivity index is 1.55. The van der Waals surface area contributed by atoms with E-state index in [1.807, 2.05) is 0 Å². The predicted molar refractivity (Wildman–Crippen MR) is 109 cm³/mol. The Labute approximate surface area is 161 Å². The first-order valence-corrected chi connectivity index (χ1v) is 10.5. The van der Waals surface area contributed by atoms with Gasteiger partial charge in [-0.15, -0.1) is 0 Å². The number of nitrogens with one attached hydrogen (secondary N) is 1. The Kier molecular flexibility index (Phi) is 7.01. The van der Waals surface area contributed by atoms with E-state index in [1.165, 1.54) is 12.8 Å². The van der Waals surface area contributed by atoms with Crippen molar-refractivity contribution in [1.82, 2.24) is 25.1 Å². The second kappa shape index (κ2) is 9.46. The second-order valence-electron chi connectivity index (χ2n) is 7.93. The molecule has 2 aromatic heterocycles. The van der Waals surface area contributed by atoms with Gasteiger partial charge in [0.15, 0.2) is 11.3 Å². The molecule has 0 saturated carbocycles. The number of aromatic amines is 1. The summed E-state index contributed by atoms with van der Waals surface area (Å²) in [6.07, 6.45) is 8.24. The van der Waals surface area contributed by atoms with Gasteiger partial charge in [0.1, 0.15) is 11.3 Å². The Morgan fingerprint density at radius 2 is 1.96 bits per heavy atom. The highest BCUT2D eigenvalue weighted by molar-refractivity contribution is 5.86. The number of aliphatic hydroxyl groups is 1.